The number of halogens is 2. The summed E-state index contributed by atoms with van der Waals surface area (Å²) in [6.45, 7) is 18.0. The Labute approximate surface area is 392 Å². The average molecular weight is 1040 g/mol. The van der Waals surface area contributed by atoms with Crippen LogP contribution in [0.25, 0.3) is 0 Å². The van der Waals surface area contributed by atoms with E-state index in [0.29, 0.717) is 32.2 Å². The fourth-order valence-corrected chi connectivity index (χ4v) is 6.01. The van der Waals surface area contributed by atoms with Crippen LogP contribution in [0, 0.1) is 5.92 Å². The first-order valence-corrected chi connectivity index (χ1v) is 22.3. The zero-order valence-electron chi connectivity index (χ0n) is 39.6. The number of nitrogens with zero attached hydrogens (tertiary/aromatic N) is 4. The second-order valence-electron chi connectivity index (χ2n) is 19.1. The highest BCUT2D eigenvalue weighted by Gasteiger charge is 2.37. The predicted molar refractivity (Wildman–Crippen MR) is 236 cm³/mol. The van der Waals surface area contributed by atoms with Crippen LogP contribution in [0.2, 0.25) is 0 Å². The highest BCUT2D eigenvalue weighted by atomic mass is 79.9. The van der Waals surface area contributed by atoms with Crippen molar-refractivity contribution in [1.29, 1.82) is 0 Å². The van der Waals surface area contributed by atoms with E-state index in [4.69, 9.17) is 23.8 Å². The first-order valence-electron chi connectivity index (χ1n) is 20.4. The van der Waals surface area contributed by atoms with Gasteiger partial charge in [0.25, 0.3) is 23.6 Å². The van der Waals surface area contributed by atoms with Crippen LogP contribution in [0.3, 0.4) is 0 Å². The van der Waals surface area contributed by atoms with E-state index in [-0.39, 0.29) is 50.9 Å². The lowest BCUT2D eigenvalue weighted by atomic mass is 10.1. The Morgan fingerprint density at radius 1 is 0.625 bits per heavy atom. The molecule has 0 aromatic carbocycles. The minimum atomic E-state index is -0.858. The highest BCUT2D eigenvalue weighted by molar-refractivity contribution is 9.10. The SMILES string of the molecule is C=CC(=O)OC(CC(=O)OC(C)(C)C)C[N+](C)(C)C.CC(Br)C(=O)ON1C(=O)CCC1=O.CC(CC(Br)C(=O)OC(CC(=O)OC(C)(C)C)C[N+](C)(C)C)C(=O)ON1C(=O)CCC1=O. The number of hydrogen-bond donors (Lipinski definition) is 0. The third-order valence-electron chi connectivity index (χ3n) is 7.78. The summed E-state index contributed by atoms with van der Waals surface area (Å²) in [6.07, 6.45) is 0.0421. The lowest BCUT2D eigenvalue weighted by Crippen LogP contribution is -2.45. The van der Waals surface area contributed by atoms with Crippen molar-refractivity contribution in [2.45, 2.75) is 133 Å². The van der Waals surface area contributed by atoms with Gasteiger partial charge in [-0.1, -0.05) is 45.4 Å². The molecule has 0 radical (unpaired) electrons. The molecule has 20 nitrogen and oxygen atoms in total. The molecular weight excluding hydrogens is 976 g/mol. The number of rotatable bonds is 18. The molecule has 2 aliphatic heterocycles. The van der Waals surface area contributed by atoms with Crippen molar-refractivity contribution in [2.75, 3.05) is 55.4 Å². The molecule has 4 amide bonds. The Morgan fingerprint density at radius 2 is 0.969 bits per heavy atom. The Morgan fingerprint density at radius 3 is 1.28 bits per heavy atom. The van der Waals surface area contributed by atoms with Crippen LogP contribution < -0.4 is 0 Å². The third-order valence-corrected chi connectivity index (χ3v) is 8.90. The molecule has 0 bridgehead atoms. The first kappa shape index (κ1) is 59.7. The molecule has 0 aromatic heterocycles. The van der Waals surface area contributed by atoms with Gasteiger partial charge in [-0.05, 0) is 54.9 Å². The number of amides is 4. The first-order chi connectivity index (χ1) is 28.9. The van der Waals surface area contributed by atoms with Gasteiger partial charge in [-0.15, -0.1) is 10.1 Å². The van der Waals surface area contributed by atoms with Gasteiger partial charge in [-0.3, -0.25) is 33.6 Å². The Kier molecular flexibility index (Phi) is 24.3. The maximum atomic E-state index is 12.6. The number of imide groups is 2. The van der Waals surface area contributed by atoms with Gasteiger partial charge in [0.1, 0.15) is 33.9 Å². The monoisotopic (exact) mass is 1040 g/mol. The van der Waals surface area contributed by atoms with Crippen molar-refractivity contribution >= 4 is 91.3 Å². The fourth-order valence-electron chi connectivity index (χ4n) is 5.26. The van der Waals surface area contributed by atoms with E-state index in [9.17, 15) is 47.9 Å². The molecule has 5 atom stereocenters. The maximum Gasteiger partial charge on any atom is 0.346 e. The molecule has 64 heavy (non-hydrogen) atoms. The molecule has 0 aromatic rings. The van der Waals surface area contributed by atoms with E-state index in [1.807, 2.05) is 42.3 Å². The van der Waals surface area contributed by atoms with Gasteiger partial charge >= 0.3 is 35.8 Å². The van der Waals surface area contributed by atoms with E-state index < -0.39 is 92.5 Å². The van der Waals surface area contributed by atoms with Gasteiger partial charge in [0.2, 0.25) is 0 Å². The summed E-state index contributed by atoms with van der Waals surface area (Å²) in [6, 6.07) is 0. The molecular formula is C42H68Br2N4O16+2. The molecule has 2 aliphatic rings. The summed E-state index contributed by atoms with van der Waals surface area (Å²) < 4.78 is 22.3. The van der Waals surface area contributed by atoms with E-state index in [0.717, 1.165) is 6.08 Å². The molecule has 364 valence electrons. The van der Waals surface area contributed by atoms with Gasteiger partial charge in [-0.25, -0.2) is 14.4 Å². The number of quaternary nitrogens is 2. The smallest absolute Gasteiger partial charge is 0.346 e. The summed E-state index contributed by atoms with van der Waals surface area (Å²) in [4.78, 5) is 124. The molecule has 5 unspecified atom stereocenters. The van der Waals surface area contributed by atoms with Crippen LogP contribution >= 0.6 is 31.9 Å². The van der Waals surface area contributed by atoms with Crippen LogP contribution in [0.1, 0.15) is 100 Å². The number of carbonyl (C=O) groups is 10. The number of esters is 4. The number of hydroxylamine groups is 4. The summed E-state index contributed by atoms with van der Waals surface area (Å²) in [5, 5.41) is 0.999. The third kappa shape index (κ3) is 26.5. The second-order valence-corrected chi connectivity index (χ2v) is 21.5. The molecule has 0 aliphatic carbocycles. The number of carbonyl (C=O) groups excluding carboxylic acids is 10. The lowest BCUT2D eigenvalue weighted by Gasteiger charge is -2.30. The molecule has 2 saturated heterocycles. The van der Waals surface area contributed by atoms with Crippen LogP contribution in [-0.4, -0.2) is 167 Å². The summed E-state index contributed by atoms with van der Waals surface area (Å²) >= 11 is 6.18. The zero-order chi connectivity index (χ0) is 50.1. The van der Waals surface area contributed by atoms with Gasteiger partial charge < -0.3 is 37.6 Å². The minimum absolute atomic E-state index is 0.000782. The standard InChI is InChI=1S/C21H34BrN2O8.C14H26NO4.C7H8BrNO4/c1-13(19(28)32-23-16(25)8-9-17(23)26)10-15(22)20(29)30-14(12-24(5,6)7)11-18(27)31-21(2,3)4;1-8-12(16)18-11(10-15(5,6)7)9-13(17)19-14(2,3)4;1-4(8)7(12)13-9-5(10)2-3-6(9)11/h13-15H,8-12H2,1-7H3;8,11H,1,9-10H2,2-7H3;4H,2-3H2,1H3/q2*+1;. The van der Waals surface area contributed by atoms with Crippen LogP contribution in [0.5, 0.6) is 0 Å². The van der Waals surface area contributed by atoms with Crippen LogP contribution in [0.15, 0.2) is 12.7 Å². The van der Waals surface area contributed by atoms with E-state index in [1.165, 1.54) is 6.92 Å². The maximum absolute atomic E-state index is 12.6. The second kappa shape index (κ2) is 26.0. The van der Waals surface area contributed by atoms with Crippen molar-refractivity contribution in [1.82, 2.24) is 10.1 Å². The Balaban J connectivity index is 0.00000104. The zero-order valence-corrected chi connectivity index (χ0v) is 42.8. The van der Waals surface area contributed by atoms with Crippen molar-refractivity contribution in [3.63, 3.8) is 0 Å². The fraction of sp³-hybridized carbons (Fsp3) is 0.714. The number of likely N-dealkylation sites (N-methyl/N-ethyl adjacent to an activating group) is 2. The number of alkyl halides is 2. The normalized spacial score (nSPS) is 16.7. The van der Waals surface area contributed by atoms with E-state index in [2.05, 4.69) is 43.3 Å². The molecule has 2 heterocycles. The summed E-state index contributed by atoms with van der Waals surface area (Å²) in [5.74, 6) is -6.34. The molecule has 0 saturated carbocycles. The summed E-state index contributed by atoms with van der Waals surface area (Å²) in [5.41, 5.74) is -1.20. The van der Waals surface area contributed by atoms with Gasteiger partial charge in [0, 0.05) is 31.8 Å². The Hall–Kier alpha value is -4.28. The van der Waals surface area contributed by atoms with Crippen LogP contribution in [-0.2, 0) is 76.6 Å². The average Bonchev–Trinajstić information content (AvgIpc) is 3.58. The van der Waals surface area contributed by atoms with E-state index in [1.54, 1.807) is 48.5 Å². The highest BCUT2D eigenvalue weighted by Crippen LogP contribution is 2.21. The van der Waals surface area contributed by atoms with Crippen molar-refractivity contribution in [2.24, 2.45) is 5.92 Å². The van der Waals surface area contributed by atoms with Gasteiger partial charge in [-0.2, -0.15) is 0 Å². The van der Waals surface area contributed by atoms with E-state index >= 15 is 0 Å². The molecule has 22 heteroatoms. The minimum Gasteiger partial charge on any atom is -0.460 e. The predicted octanol–water partition coefficient (Wildman–Crippen LogP) is 3.63. The van der Waals surface area contributed by atoms with Gasteiger partial charge in [0.15, 0.2) is 12.2 Å². The van der Waals surface area contributed by atoms with Crippen molar-refractivity contribution < 1.29 is 85.5 Å². The van der Waals surface area contributed by atoms with Gasteiger partial charge in [0.05, 0.1) is 61.0 Å². The lowest BCUT2D eigenvalue weighted by molar-refractivity contribution is -0.873. The van der Waals surface area contributed by atoms with Crippen LogP contribution in [0.4, 0.5) is 0 Å². The quantitative estimate of drug-likeness (QED) is 0.0476. The number of ether oxygens (including phenoxy) is 4. The molecule has 2 rings (SSSR count). The topological polar surface area (TPSA) is 233 Å². The van der Waals surface area contributed by atoms with Crippen molar-refractivity contribution in [3.05, 3.63) is 12.7 Å². The Bertz CT molecular complexity index is 1680. The number of hydrogen-bond acceptors (Lipinski definition) is 16. The van der Waals surface area contributed by atoms with Crippen molar-refractivity contribution in [3.8, 4) is 0 Å². The molecule has 0 N–H and O–H groups in total. The summed E-state index contributed by atoms with van der Waals surface area (Å²) in [7, 11) is 11.6. The largest absolute Gasteiger partial charge is 0.460 e. The molecule has 0 spiro atoms. The molecule has 2 fully saturated rings.